The van der Waals surface area contributed by atoms with Gasteiger partial charge in [-0.1, -0.05) is 24.6 Å². The van der Waals surface area contributed by atoms with E-state index in [2.05, 4.69) is 20.3 Å². The molecule has 0 fully saturated rings. The molecule has 0 radical (unpaired) electrons. The van der Waals surface area contributed by atoms with Crippen LogP contribution in [-0.2, 0) is 26.0 Å². The number of nitro groups is 1. The van der Waals surface area contributed by atoms with Gasteiger partial charge in [0.1, 0.15) is 17.1 Å². The van der Waals surface area contributed by atoms with Gasteiger partial charge in [0, 0.05) is 18.3 Å². The number of rotatable bonds is 12. The number of methoxy groups -OCH3 is 2. The Hall–Kier alpha value is -5.94. The van der Waals surface area contributed by atoms with Crippen molar-refractivity contribution < 1.29 is 58.7 Å². The van der Waals surface area contributed by atoms with E-state index in [1.54, 1.807) is 17.7 Å². The molecule has 294 valence electrons. The molecule has 24 heteroatoms. The maximum absolute atomic E-state index is 13.0. The summed E-state index contributed by atoms with van der Waals surface area (Å²) in [6.45, 7) is 3.21. The fraction of sp³-hybridized carbons (Fsp3) is 0.226. The van der Waals surface area contributed by atoms with Crippen LogP contribution in [0.3, 0.4) is 0 Å². The SMILES string of the molecule is CCOc1cc(Oc2ccc(C(F)(F)F)cc2Cl)ccc1[N+](=O)[O-].CCS(=O)(=O)c1nc2ccccn2c1S(=O)(=O)NC(=O)Nc1nc(OC)cc(OC)n1. The van der Waals surface area contributed by atoms with Crippen LogP contribution in [0.5, 0.6) is 29.0 Å². The molecule has 0 atom stereocenters. The summed E-state index contributed by atoms with van der Waals surface area (Å²) in [5, 5.41) is 11.5. The highest BCUT2D eigenvalue weighted by Crippen LogP contribution is 2.38. The van der Waals surface area contributed by atoms with Gasteiger partial charge in [0.05, 0.1) is 48.2 Å². The van der Waals surface area contributed by atoms with E-state index in [-0.39, 0.29) is 63.7 Å². The van der Waals surface area contributed by atoms with Crippen molar-refractivity contribution in [1.82, 2.24) is 24.1 Å². The van der Waals surface area contributed by atoms with Crippen LogP contribution < -0.4 is 29.0 Å². The average molecular weight is 832 g/mol. The third-order valence-electron chi connectivity index (χ3n) is 6.85. The first kappa shape index (κ1) is 41.8. The van der Waals surface area contributed by atoms with Crippen molar-refractivity contribution in [2.45, 2.75) is 30.1 Å². The predicted molar refractivity (Wildman–Crippen MR) is 188 cm³/mol. The second-order valence-corrected chi connectivity index (χ2v) is 14.7. The van der Waals surface area contributed by atoms with Gasteiger partial charge in [-0.25, -0.2) is 22.9 Å². The Labute approximate surface area is 315 Å². The summed E-state index contributed by atoms with van der Waals surface area (Å²) < 4.78 is 112. The highest BCUT2D eigenvalue weighted by Gasteiger charge is 2.34. The smallest absolute Gasteiger partial charge is 0.416 e. The van der Waals surface area contributed by atoms with Crippen molar-refractivity contribution >= 4 is 54.8 Å². The van der Waals surface area contributed by atoms with Crippen molar-refractivity contribution in [2.24, 2.45) is 0 Å². The number of nitrogens with one attached hydrogen (secondary N) is 2. The largest absolute Gasteiger partial charge is 0.487 e. The number of hydrogen-bond donors (Lipinski definition) is 2. The predicted octanol–water partition coefficient (Wildman–Crippen LogP) is 5.90. The number of nitro benzene ring substituents is 1. The Morgan fingerprint density at radius 3 is 2.18 bits per heavy atom. The Morgan fingerprint density at radius 2 is 1.62 bits per heavy atom. The van der Waals surface area contributed by atoms with Crippen molar-refractivity contribution in [3.05, 3.63) is 87.6 Å². The van der Waals surface area contributed by atoms with E-state index >= 15 is 0 Å². The minimum Gasteiger partial charge on any atom is -0.487 e. The number of benzene rings is 2. The molecule has 55 heavy (non-hydrogen) atoms. The van der Waals surface area contributed by atoms with Gasteiger partial charge in [-0.05, 0) is 43.3 Å². The molecule has 3 heterocycles. The Morgan fingerprint density at radius 1 is 0.945 bits per heavy atom. The monoisotopic (exact) mass is 831 g/mol. The number of carbonyl (C=O) groups excluding carboxylic acids is 1. The normalized spacial score (nSPS) is 11.6. The van der Waals surface area contributed by atoms with Crippen LogP contribution in [0.25, 0.3) is 5.65 Å². The van der Waals surface area contributed by atoms with E-state index in [9.17, 15) is 44.9 Å². The Kier molecular flexibility index (Phi) is 12.9. The van der Waals surface area contributed by atoms with Gasteiger partial charge >= 0.3 is 17.9 Å². The number of urea groups is 1. The van der Waals surface area contributed by atoms with Gasteiger partial charge in [-0.3, -0.25) is 19.8 Å². The molecule has 2 aromatic carbocycles. The first-order valence-electron chi connectivity index (χ1n) is 15.3. The third-order valence-corrected chi connectivity index (χ3v) is 10.3. The zero-order chi connectivity index (χ0) is 40.7. The first-order chi connectivity index (χ1) is 25.8. The van der Waals surface area contributed by atoms with Crippen molar-refractivity contribution in [1.29, 1.82) is 0 Å². The second-order valence-electron chi connectivity index (χ2n) is 10.5. The second kappa shape index (κ2) is 17.0. The molecule has 0 unspecified atom stereocenters. The number of aromatic nitrogens is 4. The number of pyridine rings is 1. The van der Waals surface area contributed by atoms with Crippen LogP contribution in [0, 0.1) is 10.1 Å². The van der Waals surface area contributed by atoms with E-state index in [1.807, 2.05) is 0 Å². The van der Waals surface area contributed by atoms with Gasteiger partial charge < -0.3 is 18.9 Å². The molecule has 18 nitrogen and oxygen atoms in total. The molecule has 0 saturated carbocycles. The number of alkyl halides is 3. The first-order valence-corrected chi connectivity index (χ1v) is 18.8. The lowest BCUT2D eigenvalue weighted by atomic mass is 10.2. The van der Waals surface area contributed by atoms with Crippen LogP contribution in [0.4, 0.5) is 29.6 Å². The summed E-state index contributed by atoms with van der Waals surface area (Å²) in [5.41, 5.74) is -1.07. The molecule has 2 amide bonds. The summed E-state index contributed by atoms with van der Waals surface area (Å²) in [5.74, 6) is -0.451. The minimum absolute atomic E-state index is 0.0111. The molecule has 3 aromatic heterocycles. The maximum atomic E-state index is 13.0. The molecule has 0 aliphatic heterocycles. The number of sulfone groups is 1. The number of hydrogen-bond acceptors (Lipinski definition) is 14. The number of amides is 2. The molecule has 2 N–H and O–H groups in total. The molecule has 5 aromatic rings. The van der Waals surface area contributed by atoms with Gasteiger partial charge in [0.15, 0.2) is 19.9 Å². The third kappa shape index (κ3) is 10.2. The molecule has 0 aliphatic rings. The zero-order valence-electron chi connectivity index (χ0n) is 28.8. The number of imidazole rings is 1. The number of sulfonamides is 1. The van der Waals surface area contributed by atoms with E-state index in [1.165, 1.54) is 63.7 Å². The lowest BCUT2D eigenvalue weighted by Crippen LogP contribution is -2.36. The highest BCUT2D eigenvalue weighted by atomic mass is 35.5. The number of halogens is 4. The fourth-order valence-electron chi connectivity index (χ4n) is 4.37. The van der Waals surface area contributed by atoms with E-state index in [0.717, 1.165) is 22.6 Å². The molecule has 0 aliphatic carbocycles. The lowest BCUT2D eigenvalue weighted by Gasteiger charge is -2.12. The van der Waals surface area contributed by atoms with E-state index in [0.29, 0.717) is 0 Å². The number of nitrogens with zero attached hydrogens (tertiary/aromatic N) is 5. The number of carbonyl (C=O) groups is 1. The highest BCUT2D eigenvalue weighted by molar-refractivity contribution is 7.93. The molecule has 5 rings (SSSR count). The molecular formula is C31H29ClF3N7O11S2. The number of fused-ring (bicyclic) bond motifs is 1. The summed E-state index contributed by atoms with van der Waals surface area (Å²) >= 11 is 5.80. The summed E-state index contributed by atoms with van der Waals surface area (Å²) in [4.78, 5) is 34.3. The number of anilines is 1. The zero-order valence-corrected chi connectivity index (χ0v) is 31.2. The van der Waals surface area contributed by atoms with Crippen molar-refractivity contribution in [3.63, 3.8) is 0 Å². The van der Waals surface area contributed by atoms with Crippen molar-refractivity contribution in [2.75, 3.05) is 31.9 Å². The van der Waals surface area contributed by atoms with Gasteiger partial charge in [-0.2, -0.15) is 31.6 Å². The van der Waals surface area contributed by atoms with E-state index in [4.69, 9.17) is 30.5 Å². The van der Waals surface area contributed by atoms with Gasteiger partial charge in [-0.15, -0.1) is 0 Å². The van der Waals surface area contributed by atoms with Crippen LogP contribution in [0.1, 0.15) is 19.4 Å². The molecule has 0 saturated heterocycles. The summed E-state index contributed by atoms with van der Waals surface area (Å²) in [6, 6.07) is 11.0. The van der Waals surface area contributed by atoms with E-state index < -0.39 is 52.6 Å². The summed E-state index contributed by atoms with van der Waals surface area (Å²) in [6.07, 6.45) is -3.20. The van der Waals surface area contributed by atoms with Gasteiger partial charge in [0.25, 0.3) is 10.0 Å². The molecular weight excluding hydrogens is 803 g/mol. The average Bonchev–Trinajstić information content (AvgIpc) is 3.54. The molecule has 0 bridgehead atoms. The van der Waals surface area contributed by atoms with Gasteiger partial charge in [0.2, 0.25) is 23.5 Å². The topological polar surface area (TPSA) is 233 Å². The molecule has 0 spiro atoms. The van der Waals surface area contributed by atoms with Crippen LogP contribution >= 0.6 is 11.6 Å². The number of ether oxygens (including phenoxy) is 4. The van der Waals surface area contributed by atoms with Crippen LogP contribution in [0.15, 0.2) is 76.9 Å². The lowest BCUT2D eigenvalue weighted by molar-refractivity contribution is -0.385. The summed E-state index contributed by atoms with van der Waals surface area (Å²) in [7, 11) is -6.04. The minimum atomic E-state index is -4.68. The maximum Gasteiger partial charge on any atom is 0.416 e. The van der Waals surface area contributed by atoms with Crippen LogP contribution in [-0.4, -0.2) is 73.7 Å². The van der Waals surface area contributed by atoms with Crippen LogP contribution in [0.2, 0.25) is 5.02 Å². The standard InChI is InChI=1S/C16H18N6O7S2.C15H11ClF3NO4/c1-4-30(24,25)13-14(22-8-6-5-7-10(22)17-13)31(26,27)21-16(23)20-15-18-11(28-2)9-12(19-15)29-3;1-2-23-14-8-10(4-5-12(14)20(21)22)24-13-6-3-9(7-11(13)16)15(17,18)19/h5-9H,4H2,1-3H3,(H2,18,19,20,21,23);3-8H,2H2,1H3. The Balaban J connectivity index is 0.000000253. The Bertz CT molecular complexity index is 2430. The van der Waals surface area contributed by atoms with Crippen molar-refractivity contribution in [3.8, 4) is 29.0 Å². The quantitative estimate of drug-likeness (QED) is 0.110. The fourth-order valence-corrected chi connectivity index (χ4v) is 7.25.